The molecule has 7 heteroatoms. The van der Waals surface area contributed by atoms with Crippen LogP contribution in [0.5, 0.6) is 11.5 Å². The van der Waals surface area contributed by atoms with Crippen molar-refractivity contribution < 1.29 is 23.9 Å². The van der Waals surface area contributed by atoms with E-state index in [9.17, 15) is 14.4 Å². The van der Waals surface area contributed by atoms with Crippen LogP contribution in [0.4, 0.5) is 11.4 Å². The number of amides is 2. The van der Waals surface area contributed by atoms with Crippen molar-refractivity contribution in [2.45, 2.75) is 13.8 Å². The molecule has 1 N–H and O–H groups in total. The highest BCUT2D eigenvalue weighted by molar-refractivity contribution is 6.03. The molecule has 0 bridgehead atoms. The summed E-state index contributed by atoms with van der Waals surface area (Å²) in [5.41, 5.74) is 1.53. The SMILES string of the molecule is COc1ccc(OC)c(N(CC(=O)Nc2ccc(C(C)=O)cc2)C(C)=O)c1. The van der Waals surface area contributed by atoms with Crippen LogP contribution < -0.4 is 19.7 Å². The second kappa shape index (κ2) is 8.84. The molecule has 0 aromatic heterocycles. The van der Waals surface area contributed by atoms with Gasteiger partial charge in [-0.1, -0.05) is 0 Å². The summed E-state index contributed by atoms with van der Waals surface area (Å²) in [7, 11) is 3.00. The average Bonchev–Trinajstić information content (AvgIpc) is 2.65. The van der Waals surface area contributed by atoms with Gasteiger partial charge < -0.3 is 14.8 Å². The Hall–Kier alpha value is -3.35. The van der Waals surface area contributed by atoms with Crippen LogP contribution in [0.2, 0.25) is 0 Å². The van der Waals surface area contributed by atoms with Crippen LogP contribution in [0.25, 0.3) is 0 Å². The van der Waals surface area contributed by atoms with E-state index in [1.807, 2.05) is 0 Å². The van der Waals surface area contributed by atoms with Crippen molar-refractivity contribution in [1.29, 1.82) is 0 Å². The van der Waals surface area contributed by atoms with E-state index in [1.54, 1.807) is 42.5 Å². The standard InChI is InChI=1S/C20H22N2O5/c1-13(23)15-5-7-16(8-6-15)21-20(25)12-22(14(2)24)18-11-17(26-3)9-10-19(18)27-4/h5-11H,12H2,1-4H3,(H,21,25). The first-order chi connectivity index (χ1) is 12.8. The van der Waals surface area contributed by atoms with Crippen LogP contribution in [0.3, 0.4) is 0 Å². The van der Waals surface area contributed by atoms with E-state index in [2.05, 4.69) is 5.32 Å². The highest BCUT2D eigenvalue weighted by Gasteiger charge is 2.20. The van der Waals surface area contributed by atoms with Gasteiger partial charge in [0, 0.05) is 24.2 Å². The minimum atomic E-state index is -0.384. The van der Waals surface area contributed by atoms with E-state index in [0.717, 1.165) is 0 Å². The first-order valence-corrected chi connectivity index (χ1v) is 8.26. The van der Waals surface area contributed by atoms with Crippen LogP contribution in [-0.2, 0) is 9.59 Å². The van der Waals surface area contributed by atoms with E-state index < -0.39 is 0 Å². The van der Waals surface area contributed by atoms with E-state index >= 15 is 0 Å². The fourth-order valence-electron chi connectivity index (χ4n) is 2.51. The second-order valence-corrected chi connectivity index (χ2v) is 5.82. The Labute approximate surface area is 157 Å². The van der Waals surface area contributed by atoms with Crippen molar-refractivity contribution in [3.63, 3.8) is 0 Å². The Bertz CT molecular complexity index is 846. The van der Waals surface area contributed by atoms with Crippen molar-refractivity contribution in [1.82, 2.24) is 0 Å². The lowest BCUT2D eigenvalue weighted by Gasteiger charge is -2.23. The third-order valence-electron chi connectivity index (χ3n) is 3.93. The van der Waals surface area contributed by atoms with Crippen LogP contribution in [0, 0.1) is 0 Å². The number of nitrogens with one attached hydrogen (secondary N) is 1. The van der Waals surface area contributed by atoms with Gasteiger partial charge in [0.15, 0.2) is 5.78 Å². The smallest absolute Gasteiger partial charge is 0.244 e. The molecule has 7 nitrogen and oxygen atoms in total. The maximum absolute atomic E-state index is 12.4. The topological polar surface area (TPSA) is 84.9 Å². The fraction of sp³-hybridized carbons (Fsp3) is 0.250. The van der Waals surface area contributed by atoms with Crippen molar-refractivity contribution in [2.24, 2.45) is 0 Å². The minimum absolute atomic E-state index is 0.0549. The van der Waals surface area contributed by atoms with E-state index in [-0.39, 0.29) is 24.1 Å². The lowest BCUT2D eigenvalue weighted by molar-refractivity contribution is -0.120. The highest BCUT2D eigenvalue weighted by Crippen LogP contribution is 2.32. The van der Waals surface area contributed by atoms with E-state index in [1.165, 1.54) is 33.0 Å². The lowest BCUT2D eigenvalue weighted by atomic mass is 10.1. The molecule has 2 rings (SSSR count). The van der Waals surface area contributed by atoms with E-state index in [4.69, 9.17) is 9.47 Å². The number of ether oxygens (including phenoxy) is 2. The number of carbonyl (C=O) groups is 3. The maximum Gasteiger partial charge on any atom is 0.244 e. The van der Waals surface area contributed by atoms with Gasteiger partial charge in [-0.2, -0.15) is 0 Å². The molecular formula is C20H22N2O5. The molecule has 0 aliphatic rings. The van der Waals surface area contributed by atoms with Crippen LogP contribution in [0.1, 0.15) is 24.2 Å². The molecule has 27 heavy (non-hydrogen) atoms. The summed E-state index contributed by atoms with van der Waals surface area (Å²) in [6.45, 7) is 2.64. The number of anilines is 2. The largest absolute Gasteiger partial charge is 0.497 e. The van der Waals surface area contributed by atoms with Gasteiger partial charge in [-0.25, -0.2) is 0 Å². The van der Waals surface area contributed by atoms with Crippen molar-refractivity contribution in [3.05, 3.63) is 48.0 Å². The van der Waals surface area contributed by atoms with Crippen LogP contribution in [-0.4, -0.2) is 38.4 Å². The van der Waals surface area contributed by atoms with Gasteiger partial charge in [-0.15, -0.1) is 0 Å². The minimum Gasteiger partial charge on any atom is -0.497 e. The molecule has 0 spiro atoms. The first-order valence-electron chi connectivity index (χ1n) is 8.26. The summed E-state index contributed by atoms with van der Waals surface area (Å²) in [5, 5.41) is 2.71. The quantitative estimate of drug-likeness (QED) is 0.758. The molecular weight excluding hydrogens is 348 g/mol. The van der Waals surface area contributed by atoms with Gasteiger partial charge in [0.2, 0.25) is 11.8 Å². The first kappa shape index (κ1) is 20.0. The molecule has 0 saturated carbocycles. The van der Waals surface area contributed by atoms with Gasteiger partial charge in [-0.05, 0) is 43.3 Å². The third-order valence-corrected chi connectivity index (χ3v) is 3.93. The number of nitrogens with zero attached hydrogens (tertiary/aromatic N) is 1. The summed E-state index contributed by atoms with van der Waals surface area (Å²) in [5.74, 6) is 0.233. The van der Waals surface area contributed by atoms with Gasteiger partial charge in [0.1, 0.15) is 18.0 Å². The van der Waals surface area contributed by atoms with Gasteiger partial charge in [0.25, 0.3) is 0 Å². The monoisotopic (exact) mass is 370 g/mol. The molecule has 2 amide bonds. The zero-order chi connectivity index (χ0) is 20.0. The number of ketones is 1. The second-order valence-electron chi connectivity index (χ2n) is 5.82. The fourth-order valence-corrected chi connectivity index (χ4v) is 2.51. The Morgan fingerprint density at radius 3 is 2.15 bits per heavy atom. The number of hydrogen-bond donors (Lipinski definition) is 1. The molecule has 0 fully saturated rings. The Morgan fingerprint density at radius 2 is 1.63 bits per heavy atom. The lowest BCUT2D eigenvalue weighted by Crippen LogP contribution is -2.37. The van der Waals surface area contributed by atoms with Gasteiger partial charge >= 0.3 is 0 Å². The molecule has 0 atom stereocenters. The van der Waals surface area contributed by atoms with Crippen LogP contribution in [0.15, 0.2) is 42.5 Å². The van der Waals surface area contributed by atoms with Gasteiger partial charge in [0.05, 0.1) is 19.9 Å². The predicted molar refractivity (Wildman–Crippen MR) is 103 cm³/mol. The maximum atomic E-state index is 12.4. The summed E-state index contributed by atoms with van der Waals surface area (Å²) < 4.78 is 10.5. The highest BCUT2D eigenvalue weighted by atomic mass is 16.5. The molecule has 2 aromatic rings. The Morgan fingerprint density at radius 1 is 0.963 bits per heavy atom. The number of rotatable bonds is 7. The summed E-state index contributed by atoms with van der Waals surface area (Å²) in [4.78, 5) is 37.2. The van der Waals surface area contributed by atoms with E-state index in [0.29, 0.717) is 28.4 Å². The summed E-state index contributed by atoms with van der Waals surface area (Å²) in [6.07, 6.45) is 0. The number of Topliss-reactive ketones (excluding diaryl/α,β-unsaturated/α-hetero) is 1. The normalized spacial score (nSPS) is 10.1. The number of carbonyl (C=O) groups excluding carboxylic acids is 3. The van der Waals surface area contributed by atoms with Crippen LogP contribution >= 0.6 is 0 Å². The zero-order valence-corrected chi connectivity index (χ0v) is 15.7. The van der Waals surface area contributed by atoms with Crippen molar-refractivity contribution in [3.8, 4) is 11.5 Å². The average molecular weight is 370 g/mol. The van der Waals surface area contributed by atoms with Crippen molar-refractivity contribution in [2.75, 3.05) is 31.0 Å². The molecule has 0 unspecified atom stereocenters. The molecule has 142 valence electrons. The molecule has 0 radical (unpaired) electrons. The molecule has 2 aromatic carbocycles. The Balaban J connectivity index is 2.19. The number of benzene rings is 2. The summed E-state index contributed by atoms with van der Waals surface area (Å²) >= 11 is 0. The molecule has 0 heterocycles. The number of methoxy groups -OCH3 is 2. The van der Waals surface area contributed by atoms with Crippen molar-refractivity contribution >= 4 is 29.0 Å². The summed E-state index contributed by atoms with van der Waals surface area (Å²) in [6, 6.07) is 11.5. The molecule has 0 aliphatic carbocycles. The molecule has 0 aliphatic heterocycles. The number of hydrogen-bond acceptors (Lipinski definition) is 5. The Kier molecular flexibility index (Phi) is 6.54. The third kappa shape index (κ3) is 5.07. The predicted octanol–water partition coefficient (Wildman–Crippen LogP) is 2.90. The molecule has 0 saturated heterocycles. The van der Waals surface area contributed by atoms with Gasteiger partial charge in [-0.3, -0.25) is 19.3 Å². The zero-order valence-electron chi connectivity index (χ0n) is 15.7.